The Morgan fingerprint density at radius 3 is 2.32 bits per heavy atom. The van der Waals surface area contributed by atoms with Crippen LogP contribution in [0.3, 0.4) is 0 Å². The average Bonchev–Trinajstić information content (AvgIpc) is 2.35. The first-order valence-electron chi connectivity index (χ1n) is 5.55. The summed E-state index contributed by atoms with van der Waals surface area (Å²) in [7, 11) is 0. The fourth-order valence-corrected chi connectivity index (χ4v) is 2.34. The van der Waals surface area contributed by atoms with Crippen LogP contribution in [0.2, 0.25) is 10.0 Å². The van der Waals surface area contributed by atoms with E-state index < -0.39 is 17.7 Å². The summed E-state index contributed by atoms with van der Waals surface area (Å²) in [5.41, 5.74) is 0.387. The Kier molecular flexibility index (Phi) is 4.40. The predicted octanol–water partition coefficient (Wildman–Crippen LogP) is 4.55. The minimum atomic E-state index is -1.19. The number of rotatable bonds is 3. The van der Waals surface area contributed by atoms with Crippen LogP contribution < -0.4 is 0 Å². The Hall–Kier alpha value is -1.16. The van der Waals surface area contributed by atoms with Gasteiger partial charge in [-0.15, -0.1) is 0 Å². The zero-order valence-electron chi connectivity index (χ0n) is 9.71. The second kappa shape index (κ2) is 5.87. The van der Waals surface area contributed by atoms with E-state index in [4.69, 9.17) is 23.2 Å². The molecule has 100 valence electrons. The summed E-state index contributed by atoms with van der Waals surface area (Å²) in [5.74, 6) is -1.18. The lowest BCUT2D eigenvalue weighted by Crippen LogP contribution is -2.06. The molecular weight excluding hydrogens is 293 g/mol. The first-order valence-corrected chi connectivity index (χ1v) is 6.31. The van der Waals surface area contributed by atoms with Gasteiger partial charge in [0.05, 0.1) is 11.1 Å². The van der Waals surface area contributed by atoms with Crippen molar-refractivity contribution in [2.45, 2.75) is 12.5 Å². The lowest BCUT2D eigenvalue weighted by Gasteiger charge is -2.14. The van der Waals surface area contributed by atoms with Gasteiger partial charge in [-0.05, 0) is 23.8 Å². The van der Waals surface area contributed by atoms with Gasteiger partial charge in [-0.1, -0.05) is 41.4 Å². The monoisotopic (exact) mass is 302 g/mol. The largest absolute Gasteiger partial charge is 0.388 e. The number of hydrogen-bond donors (Lipinski definition) is 1. The summed E-state index contributed by atoms with van der Waals surface area (Å²) in [4.78, 5) is 0. The molecular formula is C14H10Cl2F2O. The second-order valence-electron chi connectivity index (χ2n) is 4.07. The maximum atomic E-state index is 13.6. The van der Waals surface area contributed by atoms with Crippen LogP contribution in [0.15, 0.2) is 36.4 Å². The van der Waals surface area contributed by atoms with Gasteiger partial charge in [0, 0.05) is 17.0 Å². The summed E-state index contributed by atoms with van der Waals surface area (Å²) in [6.45, 7) is 0. The van der Waals surface area contributed by atoms with Crippen molar-refractivity contribution >= 4 is 23.2 Å². The number of halogens is 4. The van der Waals surface area contributed by atoms with E-state index in [9.17, 15) is 13.9 Å². The molecule has 0 spiro atoms. The summed E-state index contributed by atoms with van der Waals surface area (Å²) in [5, 5.41) is 10.1. The van der Waals surface area contributed by atoms with Crippen LogP contribution in [0, 0.1) is 11.6 Å². The van der Waals surface area contributed by atoms with Crippen molar-refractivity contribution in [1.29, 1.82) is 0 Å². The molecule has 2 rings (SSSR count). The number of aliphatic hydroxyl groups excluding tert-OH is 1. The molecule has 2 aromatic rings. The smallest absolute Gasteiger partial charge is 0.142 e. The quantitative estimate of drug-likeness (QED) is 0.882. The maximum Gasteiger partial charge on any atom is 0.142 e. The maximum absolute atomic E-state index is 13.6. The fraction of sp³-hybridized carbons (Fsp3) is 0.143. The first-order chi connectivity index (χ1) is 9.00. The van der Waals surface area contributed by atoms with Crippen LogP contribution >= 0.6 is 23.2 Å². The van der Waals surface area contributed by atoms with Crippen LogP contribution in [0.25, 0.3) is 0 Å². The van der Waals surface area contributed by atoms with E-state index in [0.717, 1.165) is 0 Å². The third-order valence-electron chi connectivity index (χ3n) is 2.78. The van der Waals surface area contributed by atoms with E-state index in [2.05, 4.69) is 0 Å². The SMILES string of the molecule is OC(Cc1cccc(F)c1Cl)c1c(F)cccc1Cl. The Bertz CT molecular complexity index is 582. The molecule has 0 saturated heterocycles. The highest BCUT2D eigenvalue weighted by Gasteiger charge is 2.18. The number of benzene rings is 2. The highest BCUT2D eigenvalue weighted by atomic mass is 35.5. The molecule has 0 aliphatic carbocycles. The lowest BCUT2D eigenvalue weighted by atomic mass is 10.0. The van der Waals surface area contributed by atoms with Crippen molar-refractivity contribution in [3.05, 3.63) is 69.2 Å². The van der Waals surface area contributed by atoms with Crippen LogP contribution in [0.4, 0.5) is 8.78 Å². The van der Waals surface area contributed by atoms with Crippen LogP contribution in [0.1, 0.15) is 17.2 Å². The van der Waals surface area contributed by atoms with E-state index in [0.29, 0.717) is 5.56 Å². The number of aliphatic hydroxyl groups is 1. The Labute approximate surface area is 119 Å². The normalized spacial score (nSPS) is 12.5. The third-order valence-corrected chi connectivity index (χ3v) is 3.53. The van der Waals surface area contributed by atoms with E-state index in [1.165, 1.54) is 30.3 Å². The van der Waals surface area contributed by atoms with Crippen LogP contribution in [-0.4, -0.2) is 5.11 Å². The molecule has 0 bridgehead atoms. The van der Waals surface area contributed by atoms with E-state index in [-0.39, 0.29) is 22.0 Å². The van der Waals surface area contributed by atoms with Gasteiger partial charge >= 0.3 is 0 Å². The Morgan fingerprint density at radius 2 is 1.63 bits per heavy atom. The van der Waals surface area contributed by atoms with Crippen LogP contribution in [-0.2, 0) is 6.42 Å². The van der Waals surface area contributed by atoms with Gasteiger partial charge in [0.1, 0.15) is 11.6 Å². The minimum absolute atomic E-state index is 0.00973. The van der Waals surface area contributed by atoms with Crippen molar-refractivity contribution in [3.63, 3.8) is 0 Å². The topological polar surface area (TPSA) is 20.2 Å². The van der Waals surface area contributed by atoms with Gasteiger partial charge in [0.25, 0.3) is 0 Å². The molecule has 1 atom stereocenters. The highest BCUT2D eigenvalue weighted by Crippen LogP contribution is 2.30. The summed E-state index contributed by atoms with van der Waals surface area (Å²) >= 11 is 11.6. The Balaban J connectivity index is 2.31. The molecule has 2 aromatic carbocycles. The van der Waals surface area contributed by atoms with Crippen molar-refractivity contribution < 1.29 is 13.9 Å². The molecule has 0 aromatic heterocycles. The summed E-state index contributed by atoms with van der Waals surface area (Å²) < 4.78 is 26.9. The first kappa shape index (κ1) is 14.3. The molecule has 0 fully saturated rings. The standard InChI is InChI=1S/C14H10Cl2F2O/c15-9-4-2-5-10(17)13(9)12(19)7-8-3-1-6-11(18)14(8)16/h1-6,12,19H,7H2. The molecule has 0 radical (unpaired) electrons. The Morgan fingerprint density at radius 1 is 1.00 bits per heavy atom. The molecule has 0 aliphatic heterocycles. The molecule has 0 aliphatic rings. The van der Waals surface area contributed by atoms with Crippen molar-refractivity contribution in [2.75, 3.05) is 0 Å². The zero-order chi connectivity index (χ0) is 14.0. The zero-order valence-corrected chi connectivity index (χ0v) is 11.2. The van der Waals surface area contributed by atoms with Crippen molar-refractivity contribution in [2.24, 2.45) is 0 Å². The third kappa shape index (κ3) is 3.06. The van der Waals surface area contributed by atoms with Gasteiger partial charge < -0.3 is 5.11 Å². The van der Waals surface area contributed by atoms with Gasteiger partial charge in [0.2, 0.25) is 0 Å². The van der Waals surface area contributed by atoms with Gasteiger partial charge in [-0.2, -0.15) is 0 Å². The molecule has 1 nitrogen and oxygen atoms in total. The summed E-state index contributed by atoms with van der Waals surface area (Å²) in [6, 6.07) is 8.40. The van der Waals surface area contributed by atoms with E-state index in [1.54, 1.807) is 6.07 Å². The van der Waals surface area contributed by atoms with Gasteiger partial charge in [-0.3, -0.25) is 0 Å². The molecule has 1 unspecified atom stereocenters. The molecule has 1 N–H and O–H groups in total. The average molecular weight is 303 g/mol. The van der Waals surface area contributed by atoms with E-state index in [1.807, 2.05) is 0 Å². The number of hydrogen-bond acceptors (Lipinski definition) is 1. The second-order valence-corrected chi connectivity index (χ2v) is 4.85. The molecule has 0 heterocycles. The molecule has 0 saturated carbocycles. The fourth-order valence-electron chi connectivity index (χ4n) is 1.85. The van der Waals surface area contributed by atoms with Crippen LogP contribution in [0.5, 0.6) is 0 Å². The van der Waals surface area contributed by atoms with Crippen molar-refractivity contribution in [1.82, 2.24) is 0 Å². The van der Waals surface area contributed by atoms with Gasteiger partial charge in [0.15, 0.2) is 0 Å². The van der Waals surface area contributed by atoms with E-state index >= 15 is 0 Å². The predicted molar refractivity (Wildman–Crippen MR) is 71.5 cm³/mol. The highest BCUT2D eigenvalue weighted by molar-refractivity contribution is 6.31. The van der Waals surface area contributed by atoms with Gasteiger partial charge in [-0.25, -0.2) is 8.78 Å². The molecule has 19 heavy (non-hydrogen) atoms. The summed E-state index contributed by atoms with van der Waals surface area (Å²) in [6.07, 6.45) is -1.20. The molecule has 0 amide bonds. The minimum Gasteiger partial charge on any atom is -0.388 e. The molecule has 5 heteroatoms. The van der Waals surface area contributed by atoms with Crippen molar-refractivity contribution in [3.8, 4) is 0 Å². The lowest BCUT2D eigenvalue weighted by molar-refractivity contribution is 0.173.